The van der Waals surface area contributed by atoms with Gasteiger partial charge in [-0.15, -0.1) is 0 Å². The number of benzene rings is 2. The number of halogens is 2. The van der Waals surface area contributed by atoms with E-state index in [-0.39, 0.29) is 5.02 Å². The van der Waals surface area contributed by atoms with Crippen molar-refractivity contribution in [1.82, 2.24) is 10.9 Å². The fraction of sp³-hybridized carbons (Fsp3) is 0.111. The minimum Gasteiger partial charge on any atom is -0.494 e. The van der Waals surface area contributed by atoms with Crippen LogP contribution in [-0.2, 0) is 4.79 Å². The van der Waals surface area contributed by atoms with Gasteiger partial charge in [-0.3, -0.25) is 20.4 Å². The maximum Gasteiger partial charge on any atom is 0.269 e. The van der Waals surface area contributed by atoms with Crippen molar-refractivity contribution >= 4 is 29.5 Å². The van der Waals surface area contributed by atoms with Gasteiger partial charge >= 0.3 is 0 Å². The van der Waals surface area contributed by atoms with Crippen LogP contribution in [0.15, 0.2) is 48.5 Å². The maximum atomic E-state index is 13.0. The number of hydrazine groups is 1. The van der Waals surface area contributed by atoms with Gasteiger partial charge in [0.15, 0.2) is 0 Å². The summed E-state index contributed by atoms with van der Waals surface area (Å²) >= 11 is 5.66. The lowest BCUT2D eigenvalue weighted by Crippen LogP contribution is -2.40. The topological polar surface area (TPSA) is 67.4 Å². The van der Waals surface area contributed by atoms with E-state index in [2.05, 4.69) is 10.9 Å². The zero-order valence-electron chi connectivity index (χ0n) is 13.4. The van der Waals surface area contributed by atoms with Crippen molar-refractivity contribution in [1.29, 1.82) is 0 Å². The van der Waals surface area contributed by atoms with Crippen LogP contribution in [0.2, 0.25) is 5.02 Å². The van der Waals surface area contributed by atoms with E-state index in [0.29, 0.717) is 23.5 Å². The lowest BCUT2D eigenvalue weighted by atomic mass is 10.2. The molecule has 0 unspecified atom stereocenters. The zero-order chi connectivity index (χ0) is 18.2. The summed E-state index contributed by atoms with van der Waals surface area (Å²) in [5, 5.41) is -0.0358. The van der Waals surface area contributed by atoms with E-state index in [9.17, 15) is 14.0 Å². The van der Waals surface area contributed by atoms with Gasteiger partial charge in [-0.1, -0.05) is 17.7 Å². The summed E-state index contributed by atoms with van der Waals surface area (Å²) in [5.41, 5.74) is 5.47. The predicted molar refractivity (Wildman–Crippen MR) is 93.7 cm³/mol. The first-order chi connectivity index (χ1) is 12.0. The fourth-order valence-electron chi connectivity index (χ4n) is 1.89. The highest BCUT2D eigenvalue weighted by molar-refractivity contribution is 6.30. The minimum atomic E-state index is -0.542. The normalized spacial score (nSPS) is 10.5. The third kappa shape index (κ3) is 5.61. The Kier molecular flexibility index (Phi) is 6.54. The van der Waals surface area contributed by atoms with Gasteiger partial charge in [-0.25, -0.2) is 4.39 Å². The predicted octanol–water partition coefficient (Wildman–Crippen LogP) is 3.35. The maximum absolute atomic E-state index is 13.0. The van der Waals surface area contributed by atoms with E-state index in [0.717, 1.165) is 0 Å². The highest BCUT2D eigenvalue weighted by Gasteiger charge is 2.06. The molecule has 2 N–H and O–H groups in total. The van der Waals surface area contributed by atoms with Crippen molar-refractivity contribution in [3.63, 3.8) is 0 Å². The van der Waals surface area contributed by atoms with Crippen molar-refractivity contribution in [3.8, 4) is 5.75 Å². The monoisotopic (exact) mass is 362 g/mol. The van der Waals surface area contributed by atoms with Crippen molar-refractivity contribution < 1.29 is 18.7 Å². The second kappa shape index (κ2) is 8.84. The van der Waals surface area contributed by atoms with Gasteiger partial charge in [0.25, 0.3) is 11.8 Å². The van der Waals surface area contributed by atoms with Crippen LogP contribution in [0.5, 0.6) is 5.75 Å². The number of carbonyl (C=O) groups excluding carboxylic acids is 2. The van der Waals surface area contributed by atoms with Gasteiger partial charge in [-0.2, -0.15) is 0 Å². The van der Waals surface area contributed by atoms with Crippen LogP contribution in [0, 0.1) is 5.82 Å². The summed E-state index contributed by atoms with van der Waals surface area (Å²) in [4.78, 5) is 23.6. The largest absolute Gasteiger partial charge is 0.494 e. The van der Waals surface area contributed by atoms with Gasteiger partial charge in [0.05, 0.1) is 11.6 Å². The molecule has 130 valence electrons. The average molecular weight is 363 g/mol. The summed E-state index contributed by atoms with van der Waals surface area (Å²) in [6.07, 6.45) is 2.64. The molecule has 0 fully saturated rings. The van der Waals surface area contributed by atoms with Gasteiger partial charge in [-0.05, 0) is 55.0 Å². The number of rotatable bonds is 5. The molecule has 7 heteroatoms. The van der Waals surface area contributed by atoms with E-state index < -0.39 is 17.6 Å². The van der Waals surface area contributed by atoms with E-state index in [1.54, 1.807) is 24.3 Å². The average Bonchev–Trinajstić information content (AvgIpc) is 2.61. The highest BCUT2D eigenvalue weighted by Crippen LogP contribution is 2.16. The number of hydrogen-bond acceptors (Lipinski definition) is 3. The molecule has 2 aromatic carbocycles. The zero-order valence-corrected chi connectivity index (χ0v) is 14.1. The Morgan fingerprint density at radius 2 is 1.88 bits per heavy atom. The summed E-state index contributed by atoms with van der Waals surface area (Å²) in [6, 6.07) is 10.6. The molecule has 0 saturated heterocycles. The van der Waals surface area contributed by atoms with Gasteiger partial charge in [0, 0.05) is 11.6 Å². The van der Waals surface area contributed by atoms with Gasteiger partial charge < -0.3 is 4.74 Å². The van der Waals surface area contributed by atoms with Crippen molar-refractivity contribution in [2.75, 3.05) is 6.61 Å². The van der Waals surface area contributed by atoms with Crippen LogP contribution in [-0.4, -0.2) is 18.4 Å². The van der Waals surface area contributed by atoms with Crippen LogP contribution in [0.4, 0.5) is 4.39 Å². The number of hydrogen-bond donors (Lipinski definition) is 2. The third-order valence-electron chi connectivity index (χ3n) is 3.10. The van der Waals surface area contributed by atoms with Crippen molar-refractivity contribution in [3.05, 3.63) is 70.5 Å². The first kappa shape index (κ1) is 18.5. The molecule has 0 aliphatic carbocycles. The van der Waals surface area contributed by atoms with Gasteiger partial charge in [0.1, 0.15) is 11.6 Å². The molecule has 5 nitrogen and oxygen atoms in total. The molecule has 0 aliphatic rings. The molecule has 0 heterocycles. The number of nitrogens with one attached hydrogen (secondary N) is 2. The molecular formula is C18H16ClFN2O3. The molecule has 0 saturated carbocycles. The Balaban J connectivity index is 1.87. The molecule has 25 heavy (non-hydrogen) atoms. The molecule has 0 aromatic heterocycles. The summed E-state index contributed by atoms with van der Waals surface area (Å²) in [5.74, 6) is -0.885. The van der Waals surface area contributed by atoms with Crippen LogP contribution in [0.3, 0.4) is 0 Å². The molecule has 0 aliphatic heterocycles. The Hall–Kier alpha value is -2.86. The Labute approximate surface area is 149 Å². The molecule has 2 aromatic rings. The second-order valence-corrected chi connectivity index (χ2v) is 5.31. The van der Waals surface area contributed by atoms with Crippen LogP contribution in [0.25, 0.3) is 6.08 Å². The quantitative estimate of drug-likeness (QED) is 0.633. The SMILES string of the molecule is CCOc1ccc(C(=O)NNC(=O)/C=C/c2ccc(F)c(Cl)c2)cc1. The summed E-state index contributed by atoms with van der Waals surface area (Å²) in [7, 11) is 0. The Bertz CT molecular complexity index is 791. The molecule has 0 spiro atoms. The number of carbonyl (C=O) groups is 2. The Morgan fingerprint density at radius 1 is 1.16 bits per heavy atom. The summed E-state index contributed by atoms with van der Waals surface area (Å²) < 4.78 is 18.3. The highest BCUT2D eigenvalue weighted by atomic mass is 35.5. The fourth-order valence-corrected chi connectivity index (χ4v) is 2.08. The van der Waals surface area contributed by atoms with Crippen LogP contribution < -0.4 is 15.6 Å². The lowest BCUT2D eigenvalue weighted by molar-refractivity contribution is -0.117. The minimum absolute atomic E-state index is 0.0358. The lowest BCUT2D eigenvalue weighted by Gasteiger charge is -2.07. The van der Waals surface area contributed by atoms with E-state index in [4.69, 9.17) is 16.3 Å². The molecule has 2 amide bonds. The summed E-state index contributed by atoms with van der Waals surface area (Å²) in [6.45, 7) is 2.40. The van der Waals surface area contributed by atoms with Crippen molar-refractivity contribution in [2.45, 2.75) is 6.92 Å². The first-order valence-electron chi connectivity index (χ1n) is 7.46. The molecule has 0 atom stereocenters. The van der Waals surface area contributed by atoms with Crippen molar-refractivity contribution in [2.24, 2.45) is 0 Å². The number of ether oxygens (including phenoxy) is 1. The van der Waals surface area contributed by atoms with E-state index in [1.165, 1.54) is 30.4 Å². The number of amides is 2. The second-order valence-electron chi connectivity index (χ2n) is 4.91. The standard InChI is InChI=1S/C18H16ClFN2O3/c1-2-25-14-7-5-13(6-8-14)18(24)22-21-17(23)10-4-12-3-9-16(20)15(19)11-12/h3-11H,2H2,1H3,(H,21,23)(H,22,24)/b10-4+. The van der Waals surface area contributed by atoms with Crippen LogP contribution in [0.1, 0.15) is 22.8 Å². The van der Waals surface area contributed by atoms with Crippen LogP contribution >= 0.6 is 11.6 Å². The molecule has 0 bridgehead atoms. The Morgan fingerprint density at radius 3 is 2.52 bits per heavy atom. The van der Waals surface area contributed by atoms with E-state index >= 15 is 0 Å². The molecular weight excluding hydrogens is 347 g/mol. The molecule has 2 rings (SSSR count). The third-order valence-corrected chi connectivity index (χ3v) is 3.39. The van der Waals surface area contributed by atoms with E-state index in [1.807, 2.05) is 6.92 Å². The van der Waals surface area contributed by atoms with Gasteiger partial charge in [0.2, 0.25) is 0 Å². The first-order valence-corrected chi connectivity index (χ1v) is 7.83. The molecule has 0 radical (unpaired) electrons. The smallest absolute Gasteiger partial charge is 0.269 e.